The smallest absolute Gasteiger partial charge is 0.317 e. The average molecular weight is 365 g/mol. The van der Waals surface area contributed by atoms with Gasteiger partial charge in [0.2, 0.25) is 0 Å². The zero-order chi connectivity index (χ0) is 19.1. The molecule has 0 unspecified atom stereocenters. The standard InChI is InChI=1S/C22H27N3O2/c1-2-12-23-22(27)25-14-7-13-24(15-16-25)21(26)20-11-6-10-19(17-20)18-8-4-3-5-9-18/h3-6,8-11,17H,2,7,12-16H2,1H3,(H,23,27). The van der Waals surface area contributed by atoms with Crippen molar-refractivity contribution in [2.24, 2.45) is 0 Å². The molecule has 0 aromatic heterocycles. The molecule has 2 aromatic carbocycles. The summed E-state index contributed by atoms with van der Waals surface area (Å²) in [5.41, 5.74) is 2.83. The maximum atomic E-state index is 13.0. The molecule has 5 nitrogen and oxygen atoms in total. The Balaban J connectivity index is 1.67. The van der Waals surface area contributed by atoms with Gasteiger partial charge in [0.1, 0.15) is 0 Å². The highest BCUT2D eigenvalue weighted by atomic mass is 16.2. The van der Waals surface area contributed by atoms with Crippen molar-refractivity contribution in [2.75, 3.05) is 32.7 Å². The van der Waals surface area contributed by atoms with Crippen LogP contribution in [0.15, 0.2) is 54.6 Å². The second-order valence-corrected chi connectivity index (χ2v) is 6.81. The van der Waals surface area contributed by atoms with Crippen molar-refractivity contribution in [1.29, 1.82) is 0 Å². The van der Waals surface area contributed by atoms with E-state index in [2.05, 4.69) is 5.32 Å². The summed E-state index contributed by atoms with van der Waals surface area (Å²) < 4.78 is 0. The van der Waals surface area contributed by atoms with Crippen LogP contribution >= 0.6 is 0 Å². The predicted octanol–water partition coefficient (Wildman–Crippen LogP) is 3.62. The van der Waals surface area contributed by atoms with E-state index in [0.717, 1.165) is 24.0 Å². The Morgan fingerprint density at radius 2 is 1.59 bits per heavy atom. The van der Waals surface area contributed by atoms with E-state index in [0.29, 0.717) is 38.3 Å². The molecule has 1 fully saturated rings. The number of nitrogens with one attached hydrogen (secondary N) is 1. The number of carbonyl (C=O) groups excluding carboxylic acids is 2. The highest BCUT2D eigenvalue weighted by Gasteiger charge is 2.22. The molecule has 142 valence electrons. The Bertz CT molecular complexity index is 776. The third-order valence-corrected chi connectivity index (χ3v) is 4.81. The summed E-state index contributed by atoms with van der Waals surface area (Å²) in [5.74, 6) is 0.0311. The fourth-order valence-corrected chi connectivity index (χ4v) is 3.31. The van der Waals surface area contributed by atoms with E-state index in [4.69, 9.17) is 0 Å². The molecule has 27 heavy (non-hydrogen) atoms. The van der Waals surface area contributed by atoms with Gasteiger partial charge in [0.25, 0.3) is 5.91 Å². The van der Waals surface area contributed by atoms with E-state index >= 15 is 0 Å². The van der Waals surface area contributed by atoms with Crippen LogP contribution in [0.4, 0.5) is 4.79 Å². The van der Waals surface area contributed by atoms with Crippen molar-refractivity contribution in [2.45, 2.75) is 19.8 Å². The van der Waals surface area contributed by atoms with Gasteiger partial charge in [-0.3, -0.25) is 4.79 Å². The van der Waals surface area contributed by atoms with Gasteiger partial charge in [0.05, 0.1) is 0 Å². The van der Waals surface area contributed by atoms with E-state index in [1.165, 1.54) is 0 Å². The number of nitrogens with zero attached hydrogens (tertiary/aromatic N) is 2. The summed E-state index contributed by atoms with van der Waals surface area (Å²) in [7, 11) is 0. The van der Waals surface area contributed by atoms with Gasteiger partial charge in [0, 0.05) is 38.3 Å². The normalized spacial score (nSPS) is 14.6. The molecule has 3 rings (SSSR count). The fourth-order valence-electron chi connectivity index (χ4n) is 3.31. The molecule has 5 heteroatoms. The Labute approximate surface area is 161 Å². The predicted molar refractivity (Wildman–Crippen MR) is 108 cm³/mol. The van der Waals surface area contributed by atoms with Gasteiger partial charge in [-0.1, -0.05) is 49.4 Å². The van der Waals surface area contributed by atoms with Gasteiger partial charge in [0.15, 0.2) is 0 Å². The van der Waals surface area contributed by atoms with E-state index in [1.807, 2.05) is 71.3 Å². The maximum absolute atomic E-state index is 13.0. The van der Waals surface area contributed by atoms with Crippen LogP contribution in [-0.2, 0) is 0 Å². The van der Waals surface area contributed by atoms with Crippen molar-refractivity contribution in [3.05, 3.63) is 60.2 Å². The van der Waals surface area contributed by atoms with Crippen LogP contribution in [-0.4, -0.2) is 54.5 Å². The average Bonchev–Trinajstić information content (AvgIpc) is 2.98. The molecule has 3 amide bonds. The van der Waals surface area contributed by atoms with Crippen LogP contribution < -0.4 is 5.32 Å². The van der Waals surface area contributed by atoms with E-state index < -0.39 is 0 Å². The van der Waals surface area contributed by atoms with Crippen molar-refractivity contribution in [3.8, 4) is 11.1 Å². The van der Waals surface area contributed by atoms with Crippen molar-refractivity contribution >= 4 is 11.9 Å². The molecule has 1 saturated heterocycles. The number of benzene rings is 2. The lowest BCUT2D eigenvalue weighted by molar-refractivity contribution is 0.0762. The van der Waals surface area contributed by atoms with Gasteiger partial charge in [-0.05, 0) is 36.1 Å². The number of rotatable bonds is 4. The molecule has 1 heterocycles. The second-order valence-electron chi connectivity index (χ2n) is 6.81. The topological polar surface area (TPSA) is 52.7 Å². The highest BCUT2D eigenvalue weighted by molar-refractivity contribution is 5.95. The zero-order valence-electron chi connectivity index (χ0n) is 15.9. The minimum absolute atomic E-state index is 0.0303. The molecule has 2 aromatic rings. The van der Waals surface area contributed by atoms with E-state index in [1.54, 1.807) is 0 Å². The molecule has 0 atom stereocenters. The van der Waals surface area contributed by atoms with Gasteiger partial charge >= 0.3 is 6.03 Å². The SMILES string of the molecule is CCCNC(=O)N1CCCN(C(=O)c2cccc(-c3ccccc3)c2)CC1. The first kappa shape index (κ1) is 19.0. The second kappa shape index (κ2) is 9.21. The van der Waals surface area contributed by atoms with Crippen molar-refractivity contribution < 1.29 is 9.59 Å². The van der Waals surface area contributed by atoms with Crippen LogP contribution in [0.2, 0.25) is 0 Å². The summed E-state index contributed by atoms with van der Waals surface area (Å²) in [6.45, 7) is 5.21. The minimum Gasteiger partial charge on any atom is -0.338 e. The number of carbonyl (C=O) groups is 2. The first-order chi connectivity index (χ1) is 13.2. The van der Waals surface area contributed by atoms with Gasteiger partial charge in [-0.25, -0.2) is 4.79 Å². The Morgan fingerprint density at radius 3 is 2.37 bits per heavy atom. The van der Waals surface area contributed by atoms with E-state index in [9.17, 15) is 9.59 Å². The maximum Gasteiger partial charge on any atom is 0.317 e. The molecule has 0 spiro atoms. The quantitative estimate of drug-likeness (QED) is 0.900. The molecule has 0 bridgehead atoms. The Hall–Kier alpha value is -2.82. The summed E-state index contributed by atoms with van der Waals surface area (Å²) in [6.07, 6.45) is 1.71. The van der Waals surface area contributed by atoms with Crippen LogP contribution in [0.5, 0.6) is 0 Å². The van der Waals surface area contributed by atoms with Crippen LogP contribution in [0.3, 0.4) is 0 Å². The Kier molecular flexibility index (Phi) is 6.47. The molecule has 1 aliphatic rings. The lowest BCUT2D eigenvalue weighted by Gasteiger charge is -2.22. The number of hydrogen-bond acceptors (Lipinski definition) is 2. The third kappa shape index (κ3) is 4.88. The van der Waals surface area contributed by atoms with Crippen LogP contribution in [0.1, 0.15) is 30.1 Å². The fraction of sp³-hybridized carbons (Fsp3) is 0.364. The number of hydrogen-bond donors (Lipinski definition) is 1. The third-order valence-electron chi connectivity index (χ3n) is 4.81. The van der Waals surface area contributed by atoms with Crippen LogP contribution in [0, 0.1) is 0 Å². The van der Waals surface area contributed by atoms with Gasteiger partial charge in [-0.2, -0.15) is 0 Å². The summed E-state index contributed by atoms with van der Waals surface area (Å²) in [4.78, 5) is 28.8. The van der Waals surface area contributed by atoms with Crippen molar-refractivity contribution in [3.63, 3.8) is 0 Å². The summed E-state index contributed by atoms with van der Waals surface area (Å²) in [6, 6.07) is 17.8. The first-order valence-electron chi connectivity index (χ1n) is 9.66. The lowest BCUT2D eigenvalue weighted by atomic mass is 10.0. The number of urea groups is 1. The van der Waals surface area contributed by atoms with Gasteiger partial charge < -0.3 is 15.1 Å². The number of amides is 3. The molecule has 0 saturated carbocycles. The highest BCUT2D eigenvalue weighted by Crippen LogP contribution is 2.21. The summed E-state index contributed by atoms with van der Waals surface area (Å²) in [5, 5.41) is 2.91. The molecule has 0 aliphatic carbocycles. The van der Waals surface area contributed by atoms with E-state index in [-0.39, 0.29) is 11.9 Å². The lowest BCUT2D eigenvalue weighted by Crippen LogP contribution is -2.42. The summed E-state index contributed by atoms with van der Waals surface area (Å²) >= 11 is 0. The van der Waals surface area contributed by atoms with Crippen LogP contribution in [0.25, 0.3) is 11.1 Å². The first-order valence-corrected chi connectivity index (χ1v) is 9.66. The Morgan fingerprint density at radius 1 is 0.889 bits per heavy atom. The van der Waals surface area contributed by atoms with Crippen molar-refractivity contribution in [1.82, 2.24) is 15.1 Å². The molecular weight excluding hydrogens is 338 g/mol. The molecule has 1 N–H and O–H groups in total. The molecule has 1 aliphatic heterocycles. The van der Waals surface area contributed by atoms with Gasteiger partial charge in [-0.15, -0.1) is 0 Å². The monoisotopic (exact) mass is 365 g/mol. The largest absolute Gasteiger partial charge is 0.338 e. The minimum atomic E-state index is -0.0303. The molecular formula is C22H27N3O2. The zero-order valence-corrected chi connectivity index (χ0v) is 15.9. The molecule has 0 radical (unpaired) electrons.